The van der Waals surface area contributed by atoms with Crippen LogP contribution in [0.2, 0.25) is 0 Å². The summed E-state index contributed by atoms with van der Waals surface area (Å²) in [5.74, 6) is -0.734. The molecule has 3 rings (SSSR count). The van der Waals surface area contributed by atoms with E-state index in [1.54, 1.807) is 16.8 Å². The van der Waals surface area contributed by atoms with Crippen LogP contribution in [0.25, 0.3) is 5.69 Å². The average Bonchev–Trinajstić information content (AvgIpc) is 3.14. The van der Waals surface area contributed by atoms with Gasteiger partial charge in [0.25, 0.3) is 5.91 Å². The first-order valence-corrected chi connectivity index (χ1v) is 8.17. The summed E-state index contributed by atoms with van der Waals surface area (Å²) in [4.78, 5) is 24.5. The number of aryl methyl sites for hydroxylation is 2. The molecule has 1 saturated carbocycles. The molecule has 0 unspecified atom stereocenters. The number of benzene rings is 1. The number of rotatable bonds is 4. The quantitative estimate of drug-likeness (QED) is 0.900. The number of aromatic nitrogens is 2. The molecule has 3 N–H and O–H groups in total. The Morgan fingerprint density at radius 1 is 1.21 bits per heavy atom. The van der Waals surface area contributed by atoms with Gasteiger partial charge < -0.3 is 11.1 Å². The number of hydrogen-bond acceptors (Lipinski definition) is 3. The molecule has 1 aromatic heterocycles. The number of primary amides is 1. The zero-order chi connectivity index (χ0) is 17.3. The molecule has 126 valence electrons. The second-order valence-electron chi connectivity index (χ2n) is 6.50. The van der Waals surface area contributed by atoms with E-state index in [0.29, 0.717) is 18.4 Å². The van der Waals surface area contributed by atoms with E-state index in [1.165, 1.54) is 0 Å². The fraction of sp³-hybridized carbons (Fsp3) is 0.389. The van der Waals surface area contributed by atoms with E-state index in [0.717, 1.165) is 29.9 Å². The van der Waals surface area contributed by atoms with Crippen molar-refractivity contribution in [3.8, 4) is 5.69 Å². The van der Waals surface area contributed by atoms with E-state index < -0.39 is 11.4 Å². The SMILES string of the molecule is Cc1cc(C)n(-c2cccc(C(=O)NC3(C(N)=O)CCCC3)c2)n1. The van der Waals surface area contributed by atoms with E-state index in [9.17, 15) is 9.59 Å². The minimum Gasteiger partial charge on any atom is -0.368 e. The third-order valence-electron chi connectivity index (χ3n) is 4.64. The molecule has 1 heterocycles. The molecule has 0 radical (unpaired) electrons. The van der Waals surface area contributed by atoms with Crippen molar-refractivity contribution in [2.24, 2.45) is 5.73 Å². The summed E-state index contributed by atoms with van der Waals surface area (Å²) < 4.78 is 1.80. The number of hydrogen-bond donors (Lipinski definition) is 2. The highest BCUT2D eigenvalue weighted by Crippen LogP contribution is 2.29. The Bertz CT molecular complexity index is 788. The molecule has 1 fully saturated rings. The Hall–Kier alpha value is -2.63. The fourth-order valence-corrected chi connectivity index (χ4v) is 3.37. The van der Waals surface area contributed by atoms with Gasteiger partial charge in [-0.05, 0) is 51.0 Å². The molecule has 6 heteroatoms. The van der Waals surface area contributed by atoms with E-state index in [1.807, 2.05) is 32.0 Å². The molecular formula is C18H22N4O2. The highest BCUT2D eigenvalue weighted by molar-refractivity contribution is 5.99. The zero-order valence-electron chi connectivity index (χ0n) is 14.0. The maximum Gasteiger partial charge on any atom is 0.252 e. The van der Waals surface area contributed by atoms with Gasteiger partial charge >= 0.3 is 0 Å². The summed E-state index contributed by atoms with van der Waals surface area (Å²) in [7, 11) is 0. The van der Waals surface area contributed by atoms with E-state index >= 15 is 0 Å². The van der Waals surface area contributed by atoms with Gasteiger partial charge in [0.1, 0.15) is 5.54 Å². The summed E-state index contributed by atoms with van der Waals surface area (Å²) in [6.07, 6.45) is 3.00. The maximum absolute atomic E-state index is 12.6. The van der Waals surface area contributed by atoms with Gasteiger partial charge in [-0.2, -0.15) is 5.10 Å². The topological polar surface area (TPSA) is 90.0 Å². The highest BCUT2D eigenvalue weighted by Gasteiger charge is 2.41. The van der Waals surface area contributed by atoms with Crippen LogP contribution in [0.5, 0.6) is 0 Å². The Morgan fingerprint density at radius 3 is 2.50 bits per heavy atom. The smallest absolute Gasteiger partial charge is 0.252 e. The van der Waals surface area contributed by atoms with Crippen LogP contribution in [-0.4, -0.2) is 27.1 Å². The van der Waals surface area contributed by atoms with Crippen LogP contribution in [0.4, 0.5) is 0 Å². The van der Waals surface area contributed by atoms with E-state index in [2.05, 4.69) is 10.4 Å². The van der Waals surface area contributed by atoms with Gasteiger partial charge in [0.05, 0.1) is 11.4 Å². The molecule has 0 bridgehead atoms. The first-order valence-electron chi connectivity index (χ1n) is 8.17. The number of carbonyl (C=O) groups excluding carboxylic acids is 2. The zero-order valence-corrected chi connectivity index (χ0v) is 14.0. The van der Waals surface area contributed by atoms with Crippen LogP contribution in [0.15, 0.2) is 30.3 Å². The van der Waals surface area contributed by atoms with Gasteiger partial charge in [0.15, 0.2) is 0 Å². The Balaban J connectivity index is 1.87. The minimum absolute atomic E-state index is 0.279. The predicted molar refractivity (Wildman–Crippen MR) is 90.9 cm³/mol. The molecule has 1 aliphatic rings. The molecule has 6 nitrogen and oxygen atoms in total. The van der Waals surface area contributed by atoms with Crippen LogP contribution < -0.4 is 11.1 Å². The van der Waals surface area contributed by atoms with Crippen molar-refractivity contribution in [3.05, 3.63) is 47.3 Å². The van der Waals surface area contributed by atoms with Crippen molar-refractivity contribution in [1.29, 1.82) is 0 Å². The largest absolute Gasteiger partial charge is 0.368 e. The predicted octanol–water partition coefficient (Wildman–Crippen LogP) is 2.02. The Labute approximate surface area is 141 Å². The Morgan fingerprint density at radius 2 is 1.92 bits per heavy atom. The first-order chi connectivity index (χ1) is 11.4. The summed E-state index contributed by atoms with van der Waals surface area (Å²) in [6, 6.07) is 9.20. The fourth-order valence-electron chi connectivity index (χ4n) is 3.37. The van der Waals surface area contributed by atoms with Gasteiger partial charge in [-0.25, -0.2) is 4.68 Å². The summed E-state index contributed by atoms with van der Waals surface area (Å²) in [6.45, 7) is 3.89. The number of nitrogens with two attached hydrogens (primary N) is 1. The number of carbonyl (C=O) groups is 2. The van der Waals surface area contributed by atoms with Crippen LogP contribution in [0.1, 0.15) is 47.4 Å². The lowest BCUT2D eigenvalue weighted by Gasteiger charge is -2.26. The second-order valence-corrected chi connectivity index (χ2v) is 6.50. The summed E-state index contributed by atoms with van der Waals surface area (Å²) in [5, 5.41) is 7.30. The van der Waals surface area contributed by atoms with Crippen LogP contribution in [0.3, 0.4) is 0 Å². The molecule has 1 aliphatic carbocycles. The molecule has 0 aliphatic heterocycles. The number of nitrogens with one attached hydrogen (secondary N) is 1. The third kappa shape index (κ3) is 2.91. The van der Waals surface area contributed by atoms with Gasteiger partial charge in [0.2, 0.25) is 5.91 Å². The van der Waals surface area contributed by atoms with Gasteiger partial charge in [-0.15, -0.1) is 0 Å². The van der Waals surface area contributed by atoms with Gasteiger partial charge in [-0.3, -0.25) is 9.59 Å². The van der Waals surface area contributed by atoms with Crippen molar-refractivity contribution in [3.63, 3.8) is 0 Å². The minimum atomic E-state index is -0.911. The third-order valence-corrected chi connectivity index (χ3v) is 4.64. The molecular weight excluding hydrogens is 304 g/mol. The maximum atomic E-state index is 12.6. The molecule has 2 amide bonds. The van der Waals surface area contributed by atoms with Crippen molar-refractivity contribution in [2.75, 3.05) is 0 Å². The van der Waals surface area contributed by atoms with Crippen molar-refractivity contribution < 1.29 is 9.59 Å². The second kappa shape index (κ2) is 6.11. The molecule has 24 heavy (non-hydrogen) atoms. The van der Waals surface area contributed by atoms with Crippen molar-refractivity contribution in [2.45, 2.75) is 45.1 Å². The van der Waals surface area contributed by atoms with Gasteiger partial charge in [-0.1, -0.05) is 18.9 Å². The van der Waals surface area contributed by atoms with Gasteiger partial charge in [0, 0.05) is 11.3 Å². The van der Waals surface area contributed by atoms with Crippen LogP contribution >= 0.6 is 0 Å². The average molecular weight is 326 g/mol. The number of nitrogens with zero attached hydrogens (tertiary/aromatic N) is 2. The first kappa shape index (κ1) is 16.2. The molecule has 0 spiro atoms. The standard InChI is InChI=1S/C18H22N4O2/c1-12-10-13(2)22(21-12)15-7-5-6-14(11-15)16(23)20-18(17(19)24)8-3-4-9-18/h5-7,10-11H,3-4,8-9H2,1-2H3,(H2,19,24)(H,20,23). The lowest BCUT2D eigenvalue weighted by molar-refractivity contribution is -0.123. The molecule has 0 saturated heterocycles. The monoisotopic (exact) mass is 326 g/mol. The van der Waals surface area contributed by atoms with E-state index in [4.69, 9.17) is 5.73 Å². The Kier molecular flexibility index (Phi) is 4.13. The molecule has 2 aromatic rings. The molecule has 0 atom stereocenters. The summed E-state index contributed by atoms with van der Waals surface area (Å²) >= 11 is 0. The lowest BCUT2D eigenvalue weighted by Crippen LogP contribution is -2.55. The van der Waals surface area contributed by atoms with Crippen molar-refractivity contribution >= 4 is 11.8 Å². The number of amides is 2. The van der Waals surface area contributed by atoms with Crippen molar-refractivity contribution in [1.82, 2.24) is 15.1 Å². The lowest BCUT2D eigenvalue weighted by atomic mass is 9.96. The van der Waals surface area contributed by atoms with E-state index in [-0.39, 0.29) is 5.91 Å². The van der Waals surface area contributed by atoms with Crippen LogP contribution in [-0.2, 0) is 4.79 Å². The highest BCUT2D eigenvalue weighted by atomic mass is 16.2. The molecule has 1 aromatic carbocycles. The van der Waals surface area contributed by atoms with Crippen LogP contribution in [0, 0.1) is 13.8 Å². The normalized spacial score (nSPS) is 16.1. The summed E-state index contributed by atoms with van der Waals surface area (Å²) in [5.41, 5.74) is 7.84.